The second kappa shape index (κ2) is 4.87. The first-order valence-electron chi connectivity index (χ1n) is 7.01. The van der Waals surface area contributed by atoms with E-state index in [9.17, 15) is 4.39 Å². The fourth-order valence-corrected chi connectivity index (χ4v) is 3.48. The third kappa shape index (κ3) is 1.83. The molecule has 1 atom stereocenters. The summed E-state index contributed by atoms with van der Waals surface area (Å²) in [6, 6.07) is 6.08. The van der Waals surface area contributed by atoms with Crippen molar-refractivity contribution in [1.82, 2.24) is 4.57 Å². The smallest absolute Gasteiger partial charge is 0.128 e. The van der Waals surface area contributed by atoms with Crippen LogP contribution >= 0.6 is 0 Å². The lowest BCUT2D eigenvalue weighted by molar-refractivity contribution is 0.419. The first-order chi connectivity index (χ1) is 9.27. The van der Waals surface area contributed by atoms with Gasteiger partial charge in [0.05, 0.1) is 19.2 Å². The number of methoxy groups -OCH3 is 1. The number of fused-ring (bicyclic) bond motifs is 3. The van der Waals surface area contributed by atoms with Gasteiger partial charge in [0.25, 0.3) is 0 Å². The van der Waals surface area contributed by atoms with Crippen molar-refractivity contribution < 1.29 is 9.13 Å². The van der Waals surface area contributed by atoms with E-state index in [0.717, 1.165) is 17.7 Å². The standard InChI is InChI=1S/C16H20FNO/c1-11-5-3-6-12-15(11)16-13(18(12)10-9-17)7-4-8-14(16)19-2/h4,7-8,11H,3,5-6,9-10H2,1-2H3. The molecule has 0 N–H and O–H groups in total. The number of ether oxygens (including phenoxy) is 1. The Morgan fingerprint density at radius 3 is 3.00 bits per heavy atom. The van der Waals surface area contributed by atoms with E-state index in [2.05, 4.69) is 17.6 Å². The molecule has 1 aromatic carbocycles. The lowest BCUT2D eigenvalue weighted by Gasteiger charge is -2.21. The predicted molar refractivity (Wildman–Crippen MR) is 75.8 cm³/mol. The van der Waals surface area contributed by atoms with E-state index in [1.807, 2.05) is 12.1 Å². The maximum Gasteiger partial charge on any atom is 0.128 e. The first-order valence-corrected chi connectivity index (χ1v) is 7.01. The monoisotopic (exact) mass is 261 g/mol. The Morgan fingerprint density at radius 1 is 1.42 bits per heavy atom. The van der Waals surface area contributed by atoms with Crippen LogP contribution in [-0.2, 0) is 13.0 Å². The summed E-state index contributed by atoms with van der Waals surface area (Å²) < 4.78 is 20.6. The third-order valence-corrected chi connectivity index (χ3v) is 4.27. The summed E-state index contributed by atoms with van der Waals surface area (Å²) in [4.78, 5) is 0. The van der Waals surface area contributed by atoms with Crippen molar-refractivity contribution in [2.24, 2.45) is 0 Å². The van der Waals surface area contributed by atoms with Gasteiger partial charge in [-0.15, -0.1) is 0 Å². The van der Waals surface area contributed by atoms with Crippen molar-refractivity contribution in [2.75, 3.05) is 13.8 Å². The summed E-state index contributed by atoms with van der Waals surface area (Å²) in [7, 11) is 1.71. The van der Waals surface area contributed by atoms with Gasteiger partial charge in [0.1, 0.15) is 12.4 Å². The quantitative estimate of drug-likeness (QED) is 0.812. The Balaban J connectivity index is 2.35. The summed E-state index contributed by atoms with van der Waals surface area (Å²) in [5, 5.41) is 1.20. The van der Waals surface area contributed by atoms with Crippen LogP contribution in [0, 0.1) is 0 Å². The fraction of sp³-hybridized carbons (Fsp3) is 0.500. The topological polar surface area (TPSA) is 14.2 Å². The van der Waals surface area contributed by atoms with Gasteiger partial charge in [-0.05, 0) is 42.9 Å². The van der Waals surface area contributed by atoms with Gasteiger partial charge in [-0.1, -0.05) is 13.0 Å². The molecule has 0 fully saturated rings. The van der Waals surface area contributed by atoms with Crippen molar-refractivity contribution >= 4 is 10.9 Å². The van der Waals surface area contributed by atoms with Crippen LogP contribution in [0.15, 0.2) is 18.2 Å². The molecule has 0 saturated carbocycles. The Kier molecular flexibility index (Phi) is 3.21. The molecule has 19 heavy (non-hydrogen) atoms. The molecule has 1 heterocycles. The summed E-state index contributed by atoms with van der Waals surface area (Å²) >= 11 is 0. The number of hydrogen-bond acceptors (Lipinski definition) is 1. The van der Waals surface area contributed by atoms with Gasteiger partial charge in [-0.2, -0.15) is 0 Å². The molecule has 3 rings (SSSR count). The minimum atomic E-state index is -0.318. The van der Waals surface area contributed by atoms with E-state index >= 15 is 0 Å². The van der Waals surface area contributed by atoms with Gasteiger partial charge in [0.15, 0.2) is 0 Å². The Morgan fingerprint density at radius 2 is 2.26 bits per heavy atom. The second-order valence-corrected chi connectivity index (χ2v) is 5.35. The lowest BCUT2D eigenvalue weighted by Crippen LogP contribution is -2.11. The van der Waals surface area contributed by atoms with Crippen molar-refractivity contribution in [3.05, 3.63) is 29.5 Å². The van der Waals surface area contributed by atoms with E-state index in [4.69, 9.17) is 4.74 Å². The van der Waals surface area contributed by atoms with Crippen LogP contribution in [0.3, 0.4) is 0 Å². The molecule has 1 aliphatic rings. The minimum Gasteiger partial charge on any atom is -0.496 e. The van der Waals surface area contributed by atoms with E-state index in [1.54, 1.807) is 7.11 Å². The second-order valence-electron chi connectivity index (χ2n) is 5.35. The molecule has 1 unspecified atom stereocenters. The van der Waals surface area contributed by atoms with Crippen molar-refractivity contribution in [1.29, 1.82) is 0 Å². The molecule has 0 saturated heterocycles. The van der Waals surface area contributed by atoms with Crippen LogP contribution in [-0.4, -0.2) is 18.4 Å². The average Bonchev–Trinajstić information content (AvgIpc) is 2.75. The average molecular weight is 261 g/mol. The van der Waals surface area contributed by atoms with Crippen molar-refractivity contribution in [2.45, 2.75) is 38.6 Å². The summed E-state index contributed by atoms with van der Waals surface area (Å²) in [5.74, 6) is 1.45. The molecule has 0 spiro atoms. The minimum absolute atomic E-state index is 0.318. The highest BCUT2D eigenvalue weighted by Gasteiger charge is 2.26. The molecule has 0 aliphatic heterocycles. The molecule has 0 bridgehead atoms. The number of rotatable bonds is 3. The van der Waals surface area contributed by atoms with E-state index in [1.165, 1.54) is 29.5 Å². The summed E-state index contributed by atoms with van der Waals surface area (Å²) in [5.41, 5.74) is 3.82. The van der Waals surface area contributed by atoms with Crippen LogP contribution in [0.4, 0.5) is 4.39 Å². The van der Waals surface area contributed by atoms with Gasteiger partial charge in [0, 0.05) is 11.1 Å². The SMILES string of the molecule is COc1cccc2c1c1c(n2CCF)CCCC1C. The van der Waals surface area contributed by atoms with Crippen LogP contribution in [0.1, 0.15) is 36.9 Å². The lowest BCUT2D eigenvalue weighted by atomic mass is 9.86. The highest BCUT2D eigenvalue weighted by molar-refractivity contribution is 5.92. The number of benzene rings is 1. The largest absolute Gasteiger partial charge is 0.496 e. The molecule has 3 heteroatoms. The molecular weight excluding hydrogens is 241 g/mol. The van der Waals surface area contributed by atoms with Gasteiger partial charge in [0.2, 0.25) is 0 Å². The number of aromatic nitrogens is 1. The van der Waals surface area contributed by atoms with Crippen LogP contribution in [0.25, 0.3) is 10.9 Å². The molecule has 102 valence electrons. The Bertz CT molecular complexity index is 602. The van der Waals surface area contributed by atoms with E-state index < -0.39 is 0 Å². The molecule has 0 radical (unpaired) electrons. The zero-order valence-corrected chi connectivity index (χ0v) is 11.6. The van der Waals surface area contributed by atoms with Crippen molar-refractivity contribution in [3.8, 4) is 5.75 Å². The number of aryl methyl sites for hydroxylation is 1. The van der Waals surface area contributed by atoms with E-state index in [-0.39, 0.29) is 6.67 Å². The first kappa shape index (κ1) is 12.5. The number of hydrogen-bond donors (Lipinski definition) is 0. The van der Waals surface area contributed by atoms with E-state index in [0.29, 0.717) is 12.5 Å². The van der Waals surface area contributed by atoms with Crippen LogP contribution in [0.2, 0.25) is 0 Å². The van der Waals surface area contributed by atoms with Gasteiger partial charge < -0.3 is 9.30 Å². The van der Waals surface area contributed by atoms with Gasteiger partial charge >= 0.3 is 0 Å². The zero-order chi connectivity index (χ0) is 13.4. The van der Waals surface area contributed by atoms with Gasteiger partial charge in [-0.25, -0.2) is 4.39 Å². The molecule has 0 amide bonds. The maximum atomic E-state index is 12.9. The number of halogens is 1. The molecule has 1 aliphatic carbocycles. The Hall–Kier alpha value is -1.51. The third-order valence-electron chi connectivity index (χ3n) is 4.27. The normalized spacial score (nSPS) is 18.6. The number of nitrogens with zero attached hydrogens (tertiary/aromatic N) is 1. The highest BCUT2D eigenvalue weighted by Crippen LogP contribution is 2.42. The molecular formula is C16H20FNO. The van der Waals surface area contributed by atoms with Crippen molar-refractivity contribution in [3.63, 3.8) is 0 Å². The highest BCUT2D eigenvalue weighted by atomic mass is 19.1. The zero-order valence-electron chi connectivity index (χ0n) is 11.6. The summed E-state index contributed by atoms with van der Waals surface area (Å²) in [6.45, 7) is 2.40. The summed E-state index contributed by atoms with van der Waals surface area (Å²) in [6.07, 6.45) is 3.45. The van der Waals surface area contributed by atoms with Crippen LogP contribution in [0.5, 0.6) is 5.75 Å². The van der Waals surface area contributed by atoms with Crippen LogP contribution < -0.4 is 4.74 Å². The molecule has 1 aromatic heterocycles. The fourth-order valence-electron chi connectivity index (χ4n) is 3.48. The number of alkyl halides is 1. The van der Waals surface area contributed by atoms with Gasteiger partial charge in [-0.3, -0.25) is 0 Å². The predicted octanol–water partition coefficient (Wildman–Crippen LogP) is 4.06. The molecule has 2 aromatic rings. The molecule has 2 nitrogen and oxygen atoms in total. The maximum absolute atomic E-state index is 12.9. The Labute approximate surface area is 113 Å².